The summed E-state index contributed by atoms with van der Waals surface area (Å²) in [7, 11) is -1.75. The minimum Gasteiger partial charge on any atom is -0.383 e. The maximum atomic E-state index is 12.9. The van der Waals surface area contributed by atoms with E-state index in [0.717, 1.165) is 64.0 Å². The minimum atomic E-state index is -3.38. The van der Waals surface area contributed by atoms with Gasteiger partial charge in [-0.15, -0.1) is 0 Å². The molecule has 1 aliphatic carbocycles. The molecule has 1 saturated carbocycles. The van der Waals surface area contributed by atoms with Crippen LogP contribution in [0.1, 0.15) is 44.2 Å². The molecule has 0 spiro atoms. The van der Waals surface area contributed by atoms with Gasteiger partial charge in [-0.1, -0.05) is 0 Å². The van der Waals surface area contributed by atoms with E-state index in [1.54, 1.807) is 13.3 Å². The average molecular weight is 439 g/mol. The van der Waals surface area contributed by atoms with Gasteiger partial charge in [-0.2, -0.15) is 0 Å². The van der Waals surface area contributed by atoms with Gasteiger partial charge in [-0.25, -0.2) is 13.4 Å². The third-order valence-corrected chi connectivity index (χ3v) is 8.28. The fourth-order valence-corrected chi connectivity index (χ4v) is 6.60. The van der Waals surface area contributed by atoms with E-state index in [0.29, 0.717) is 38.0 Å². The average Bonchev–Trinajstić information content (AvgIpc) is 3.27. The number of carbonyl (C=O) groups is 1. The van der Waals surface area contributed by atoms with Crippen LogP contribution in [0.2, 0.25) is 0 Å². The third kappa shape index (κ3) is 5.23. The summed E-state index contributed by atoms with van der Waals surface area (Å²) in [5.74, 6) is 1.26. The van der Waals surface area contributed by atoms with E-state index in [2.05, 4.69) is 9.88 Å². The third-order valence-electron chi connectivity index (χ3n) is 6.49. The van der Waals surface area contributed by atoms with Crippen LogP contribution in [0.5, 0.6) is 0 Å². The largest absolute Gasteiger partial charge is 0.383 e. The van der Waals surface area contributed by atoms with E-state index in [-0.39, 0.29) is 16.8 Å². The summed E-state index contributed by atoms with van der Waals surface area (Å²) < 4.78 is 32.8. The Hall–Kier alpha value is -1.45. The number of likely N-dealkylation sites (tertiary alicyclic amines) is 2. The van der Waals surface area contributed by atoms with E-state index in [4.69, 9.17) is 4.74 Å². The van der Waals surface area contributed by atoms with Crippen molar-refractivity contribution in [1.82, 2.24) is 19.4 Å². The molecule has 168 valence electrons. The monoisotopic (exact) mass is 438 g/mol. The number of imidazole rings is 1. The normalized spacial score (nSPS) is 23.4. The van der Waals surface area contributed by atoms with Gasteiger partial charge in [0.2, 0.25) is 20.9 Å². The lowest BCUT2D eigenvalue weighted by molar-refractivity contribution is -0.128. The van der Waals surface area contributed by atoms with Gasteiger partial charge in [0.25, 0.3) is 0 Å². The lowest BCUT2D eigenvalue weighted by atomic mass is 9.97. The highest BCUT2D eigenvalue weighted by molar-refractivity contribution is 7.91. The van der Waals surface area contributed by atoms with E-state index in [1.165, 1.54) is 0 Å². The molecule has 0 unspecified atom stereocenters. The maximum absolute atomic E-state index is 12.9. The van der Waals surface area contributed by atoms with Gasteiger partial charge in [-0.05, 0) is 50.5 Å². The Morgan fingerprint density at radius 1 is 1.17 bits per heavy atom. The summed E-state index contributed by atoms with van der Waals surface area (Å²) >= 11 is 0. The van der Waals surface area contributed by atoms with Crippen molar-refractivity contribution in [2.45, 2.75) is 56.8 Å². The lowest BCUT2D eigenvalue weighted by Gasteiger charge is -2.34. The first-order valence-electron chi connectivity index (χ1n) is 11.2. The number of rotatable bonds is 10. The van der Waals surface area contributed by atoms with Gasteiger partial charge in [-0.3, -0.25) is 9.69 Å². The number of aromatic nitrogens is 2. The Balaban J connectivity index is 1.44. The van der Waals surface area contributed by atoms with Crippen molar-refractivity contribution in [3.63, 3.8) is 0 Å². The van der Waals surface area contributed by atoms with Crippen LogP contribution in [0, 0.1) is 11.8 Å². The Bertz CT molecular complexity index is 849. The number of methoxy groups -OCH3 is 1. The predicted octanol–water partition coefficient (Wildman–Crippen LogP) is 1.55. The molecular weight excluding hydrogens is 404 g/mol. The zero-order chi connectivity index (χ0) is 21.1. The molecule has 3 aliphatic rings. The zero-order valence-corrected chi connectivity index (χ0v) is 18.8. The highest BCUT2D eigenvalue weighted by Gasteiger charge is 2.33. The van der Waals surface area contributed by atoms with Crippen molar-refractivity contribution < 1.29 is 17.9 Å². The fourth-order valence-electron chi connectivity index (χ4n) is 4.74. The number of carbonyl (C=O) groups excluding carboxylic acids is 1. The first-order chi connectivity index (χ1) is 14.5. The van der Waals surface area contributed by atoms with Crippen molar-refractivity contribution in [3.05, 3.63) is 11.9 Å². The summed E-state index contributed by atoms with van der Waals surface area (Å²) in [6, 6.07) is 0. The van der Waals surface area contributed by atoms with Crippen LogP contribution in [0.4, 0.5) is 0 Å². The molecule has 0 N–H and O–H groups in total. The highest BCUT2D eigenvalue weighted by atomic mass is 32.2. The second-order valence-electron chi connectivity index (χ2n) is 9.09. The summed E-state index contributed by atoms with van der Waals surface area (Å²) in [4.78, 5) is 20.7. The quantitative estimate of drug-likeness (QED) is 0.551. The van der Waals surface area contributed by atoms with Crippen LogP contribution in [0.3, 0.4) is 0 Å². The van der Waals surface area contributed by atoms with E-state index >= 15 is 0 Å². The molecule has 1 aromatic rings. The van der Waals surface area contributed by atoms with Crippen molar-refractivity contribution in [2.75, 3.05) is 45.6 Å². The predicted molar refractivity (Wildman–Crippen MR) is 113 cm³/mol. The van der Waals surface area contributed by atoms with Crippen LogP contribution >= 0.6 is 0 Å². The standard InChI is InChI=1S/C21H34N4O4S/c1-29-11-10-25-19(12-22-21(25)30(27,28)16-17-6-7-17)15-23-8-2-4-18(13-23)14-24-9-3-5-20(24)26/h12,17-18H,2-11,13-16H2,1H3/t18-/m1/s1. The molecule has 4 rings (SSSR count). The summed E-state index contributed by atoms with van der Waals surface area (Å²) in [6.45, 7) is 5.29. The number of ether oxygens (including phenoxy) is 1. The first kappa shape index (κ1) is 21.8. The van der Waals surface area contributed by atoms with Gasteiger partial charge in [0, 0.05) is 46.3 Å². The molecule has 0 aromatic carbocycles. The fraction of sp³-hybridized carbons (Fsp3) is 0.810. The van der Waals surface area contributed by atoms with Gasteiger partial charge >= 0.3 is 0 Å². The maximum Gasteiger partial charge on any atom is 0.227 e. The number of piperidine rings is 1. The SMILES string of the molecule is COCCn1c(CN2CCC[C@@H](CN3CCCC3=O)C2)cnc1S(=O)(=O)CC1CC1. The highest BCUT2D eigenvalue weighted by Crippen LogP contribution is 2.32. The molecule has 2 saturated heterocycles. The number of nitrogens with zero attached hydrogens (tertiary/aromatic N) is 4. The second-order valence-corrected chi connectivity index (χ2v) is 11.0. The van der Waals surface area contributed by atoms with Gasteiger partial charge in [0.05, 0.1) is 24.3 Å². The number of sulfone groups is 1. The Morgan fingerprint density at radius 2 is 2.00 bits per heavy atom. The Kier molecular flexibility index (Phi) is 6.79. The molecule has 30 heavy (non-hydrogen) atoms. The number of hydrogen-bond donors (Lipinski definition) is 0. The van der Waals surface area contributed by atoms with E-state index in [9.17, 15) is 13.2 Å². The molecule has 1 atom stereocenters. The Labute approximate surface area is 179 Å². The summed E-state index contributed by atoms with van der Waals surface area (Å²) in [5.41, 5.74) is 0.930. The first-order valence-corrected chi connectivity index (χ1v) is 12.9. The molecular formula is C21H34N4O4S. The van der Waals surface area contributed by atoms with Crippen molar-refractivity contribution in [1.29, 1.82) is 0 Å². The molecule has 0 radical (unpaired) electrons. The molecule has 0 bridgehead atoms. The molecule has 3 fully saturated rings. The lowest BCUT2D eigenvalue weighted by Crippen LogP contribution is -2.41. The van der Waals surface area contributed by atoms with Gasteiger partial charge < -0.3 is 14.2 Å². The molecule has 1 aromatic heterocycles. The van der Waals surface area contributed by atoms with E-state index < -0.39 is 9.84 Å². The topological polar surface area (TPSA) is 84.7 Å². The van der Waals surface area contributed by atoms with Crippen molar-refractivity contribution in [2.24, 2.45) is 11.8 Å². The molecule has 3 heterocycles. The van der Waals surface area contributed by atoms with Crippen LogP contribution < -0.4 is 0 Å². The summed E-state index contributed by atoms with van der Waals surface area (Å²) in [6.07, 6.45) is 7.64. The molecule has 9 heteroatoms. The summed E-state index contributed by atoms with van der Waals surface area (Å²) in [5, 5.41) is 0.192. The number of hydrogen-bond acceptors (Lipinski definition) is 6. The van der Waals surface area contributed by atoms with Crippen LogP contribution in [-0.4, -0.2) is 79.3 Å². The smallest absolute Gasteiger partial charge is 0.227 e. The molecule has 1 amide bonds. The van der Waals surface area contributed by atoms with Gasteiger partial charge in [0.1, 0.15) is 0 Å². The van der Waals surface area contributed by atoms with Crippen molar-refractivity contribution >= 4 is 15.7 Å². The Morgan fingerprint density at radius 3 is 2.70 bits per heavy atom. The zero-order valence-electron chi connectivity index (χ0n) is 18.0. The second kappa shape index (κ2) is 9.36. The molecule has 8 nitrogen and oxygen atoms in total. The van der Waals surface area contributed by atoms with E-state index in [1.807, 2.05) is 9.47 Å². The number of amides is 1. The van der Waals surface area contributed by atoms with Crippen LogP contribution in [0.15, 0.2) is 11.4 Å². The van der Waals surface area contributed by atoms with Gasteiger partial charge in [0.15, 0.2) is 0 Å². The van der Waals surface area contributed by atoms with Crippen LogP contribution in [-0.2, 0) is 32.5 Å². The van der Waals surface area contributed by atoms with Crippen LogP contribution in [0.25, 0.3) is 0 Å². The van der Waals surface area contributed by atoms with Crippen molar-refractivity contribution in [3.8, 4) is 0 Å². The molecule has 2 aliphatic heterocycles. The minimum absolute atomic E-state index is 0.192.